The summed E-state index contributed by atoms with van der Waals surface area (Å²) in [5, 5.41) is 0. The summed E-state index contributed by atoms with van der Waals surface area (Å²) in [6.07, 6.45) is 2.01. The molecular formula is C20H21N5OS. The van der Waals surface area contributed by atoms with Crippen LogP contribution in [0.4, 0.5) is 11.6 Å². The van der Waals surface area contributed by atoms with Gasteiger partial charge in [-0.3, -0.25) is 14.7 Å². The van der Waals surface area contributed by atoms with Crippen LogP contribution in [-0.2, 0) is 11.3 Å². The number of nitrogens with zero attached hydrogens (tertiary/aromatic N) is 4. The minimum absolute atomic E-state index is 0.00806. The number of nitrogens with two attached hydrogens (primary N) is 1. The topological polar surface area (TPSA) is 77.0 Å². The van der Waals surface area contributed by atoms with Crippen molar-refractivity contribution in [2.24, 2.45) is 0 Å². The van der Waals surface area contributed by atoms with Gasteiger partial charge in [0.25, 0.3) is 0 Å². The Morgan fingerprint density at radius 2 is 2.00 bits per heavy atom. The Morgan fingerprint density at radius 1 is 1.19 bits per heavy atom. The zero-order valence-corrected chi connectivity index (χ0v) is 16.4. The van der Waals surface area contributed by atoms with Crippen LogP contribution in [0.25, 0.3) is 22.6 Å². The number of amides is 1. The van der Waals surface area contributed by atoms with Crippen molar-refractivity contribution >= 4 is 29.3 Å². The van der Waals surface area contributed by atoms with Crippen LogP contribution in [0.2, 0.25) is 0 Å². The average molecular weight is 379 g/mol. The monoisotopic (exact) mass is 379 g/mol. The van der Waals surface area contributed by atoms with E-state index in [-0.39, 0.29) is 5.91 Å². The minimum atomic E-state index is -0.00806. The third-order valence-electron chi connectivity index (χ3n) is 4.75. The maximum Gasteiger partial charge on any atom is 0.226 e. The number of nitrogen functional groups attached to an aromatic ring is 1. The predicted molar refractivity (Wildman–Crippen MR) is 110 cm³/mol. The number of imidazole rings is 1. The van der Waals surface area contributed by atoms with Crippen molar-refractivity contribution in [3.63, 3.8) is 0 Å². The summed E-state index contributed by atoms with van der Waals surface area (Å²) in [5.41, 5.74) is 11.4. The van der Waals surface area contributed by atoms with Crippen LogP contribution in [0.5, 0.6) is 0 Å². The van der Waals surface area contributed by atoms with Crippen LogP contribution in [0.3, 0.4) is 0 Å². The summed E-state index contributed by atoms with van der Waals surface area (Å²) in [4.78, 5) is 24.2. The lowest BCUT2D eigenvalue weighted by Crippen LogP contribution is -2.26. The maximum atomic E-state index is 12.0. The van der Waals surface area contributed by atoms with Gasteiger partial charge in [0.2, 0.25) is 11.9 Å². The van der Waals surface area contributed by atoms with E-state index in [9.17, 15) is 4.79 Å². The number of carbonyl (C=O) groups is 1. The molecule has 0 radical (unpaired) electrons. The molecule has 1 amide bonds. The Morgan fingerprint density at radius 3 is 2.67 bits per heavy atom. The quantitative estimate of drug-likeness (QED) is 0.556. The molecule has 0 bridgehead atoms. The Kier molecular flexibility index (Phi) is 4.39. The van der Waals surface area contributed by atoms with E-state index in [4.69, 9.17) is 10.7 Å². The van der Waals surface area contributed by atoms with Gasteiger partial charge in [-0.25, -0.2) is 4.98 Å². The molecule has 6 nitrogen and oxygen atoms in total. The molecule has 7 heteroatoms. The number of hydrogen-bond acceptors (Lipinski definition) is 5. The molecule has 3 heterocycles. The number of thioether (sulfide) groups is 1. The summed E-state index contributed by atoms with van der Waals surface area (Å²) < 4.78 is 2.09. The lowest BCUT2D eigenvalue weighted by Gasteiger charge is -2.10. The third kappa shape index (κ3) is 2.98. The van der Waals surface area contributed by atoms with Crippen LogP contribution in [0.1, 0.15) is 12.6 Å². The van der Waals surface area contributed by atoms with Gasteiger partial charge in [-0.05, 0) is 37.4 Å². The van der Waals surface area contributed by atoms with E-state index in [1.165, 1.54) is 0 Å². The van der Waals surface area contributed by atoms with Gasteiger partial charge in [-0.15, -0.1) is 11.8 Å². The molecule has 1 aromatic carbocycles. The van der Waals surface area contributed by atoms with Crippen LogP contribution < -0.4 is 10.6 Å². The molecule has 0 fully saturated rings. The first kappa shape index (κ1) is 17.6. The molecule has 0 atom stereocenters. The summed E-state index contributed by atoms with van der Waals surface area (Å²) in [7, 11) is 0. The fourth-order valence-corrected chi connectivity index (χ4v) is 3.98. The van der Waals surface area contributed by atoms with Crippen LogP contribution >= 0.6 is 11.8 Å². The van der Waals surface area contributed by atoms with Crippen molar-refractivity contribution in [1.82, 2.24) is 14.5 Å². The highest BCUT2D eigenvalue weighted by Gasteiger charge is 2.30. The molecule has 0 spiro atoms. The van der Waals surface area contributed by atoms with Gasteiger partial charge in [-0.1, -0.05) is 12.1 Å². The fraction of sp³-hybridized carbons (Fsp3) is 0.250. The van der Waals surface area contributed by atoms with Crippen molar-refractivity contribution in [2.75, 3.05) is 23.4 Å². The first-order valence-electron chi connectivity index (χ1n) is 8.76. The number of carbonyl (C=O) groups excluding carboxylic acids is 1. The van der Waals surface area contributed by atoms with E-state index >= 15 is 0 Å². The summed E-state index contributed by atoms with van der Waals surface area (Å²) in [6.45, 7) is 4.86. The smallest absolute Gasteiger partial charge is 0.226 e. The second-order valence-corrected chi connectivity index (χ2v) is 7.40. The summed E-state index contributed by atoms with van der Waals surface area (Å²) >= 11 is 1.62. The van der Waals surface area contributed by atoms with Gasteiger partial charge in [0.1, 0.15) is 5.69 Å². The van der Waals surface area contributed by atoms with Gasteiger partial charge in [0.05, 0.1) is 11.4 Å². The van der Waals surface area contributed by atoms with Crippen molar-refractivity contribution in [2.45, 2.75) is 25.3 Å². The number of rotatable bonds is 3. The highest BCUT2D eigenvalue weighted by Crippen LogP contribution is 2.39. The molecule has 0 saturated carbocycles. The number of pyridine rings is 1. The number of fused-ring (bicyclic) bond motifs is 1. The molecule has 27 heavy (non-hydrogen) atoms. The number of aromatic nitrogens is 3. The van der Waals surface area contributed by atoms with E-state index in [0.29, 0.717) is 19.0 Å². The first-order chi connectivity index (χ1) is 13.0. The molecule has 2 N–H and O–H groups in total. The van der Waals surface area contributed by atoms with Crippen LogP contribution in [0.15, 0.2) is 41.3 Å². The number of benzene rings is 1. The maximum absolute atomic E-state index is 12.0. The Hall–Kier alpha value is -2.80. The molecule has 1 aliphatic heterocycles. The van der Waals surface area contributed by atoms with Gasteiger partial charge in [-0.2, -0.15) is 0 Å². The molecule has 1 aliphatic rings. The van der Waals surface area contributed by atoms with Gasteiger partial charge in [0, 0.05) is 41.9 Å². The standard InChI is InChI=1S/C20H21N5OS/c1-12-5-4-6-16(22-12)18-19(14-7-8-17(27-3)15(21)11-14)25-10-9-24(13(2)26)20(25)23-18/h4-8,11H,9-10,21H2,1-3H3. The first-order valence-corrected chi connectivity index (χ1v) is 9.98. The zero-order valence-electron chi connectivity index (χ0n) is 15.6. The van der Waals surface area contributed by atoms with Crippen LogP contribution in [0, 0.1) is 6.92 Å². The number of anilines is 2. The molecule has 0 unspecified atom stereocenters. The van der Waals surface area contributed by atoms with Gasteiger partial charge >= 0.3 is 0 Å². The van der Waals surface area contributed by atoms with Crippen LogP contribution in [-0.4, -0.2) is 33.2 Å². The molecule has 0 saturated heterocycles. The fourth-order valence-electron chi connectivity index (χ4n) is 3.49. The van der Waals surface area contributed by atoms with Crippen molar-refractivity contribution < 1.29 is 4.79 Å². The third-order valence-corrected chi connectivity index (χ3v) is 5.56. The second-order valence-electron chi connectivity index (χ2n) is 6.55. The molecule has 138 valence electrons. The highest BCUT2D eigenvalue weighted by molar-refractivity contribution is 7.98. The summed E-state index contributed by atoms with van der Waals surface area (Å²) in [5.74, 6) is 0.662. The van der Waals surface area contributed by atoms with Crippen molar-refractivity contribution in [3.05, 3.63) is 42.1 Å². The van der Waals surface area contributed by atoms with E-state index in [0.717, 1.165) is 38.9 Å². The molecule has 0 aliphatic carbocycles. The molecular weight excluding hydrogens is 358 g/mol. The Balaban J connectivity index is 1.95. The summed E-state index contributed by atoms with van der Waals surface area (Å²) in [6, 6.07) is 11.9. The lowest BCUT2D eigenvalue weighted by molar-refractivity contribution is -0.116. The Bertz CT molecular complexity index is 1040. The Labute approximate surface area is 162 Å². The van der Waals surface area contributed by atoms with E-state index in [1.807, 2.05) is 43.5 Å². The predicted octanol–water partition coefficient (Wildman–Crippen LogP) is 3.59. The largest absolute Gasteiger partial charge is 0.398 e. The normalized spacial score (nSPS) is 13.1. The average Bonchev–Trinajstić information content (AvgIpc) is 3.20. The van der Waals surface area contributed by atoms with Gasteiger partial charge in [0.15, 0.2) is 0 Å². The lowest BCUT2D eigenvalue weighted by atomic mass is 10.1. The van der Waals surface area contributed by atoms with Crippen molar-refractivity contribution in [3.8, 4) is 22.6 Å². The second kappa shape index (κ2) is 6.74. The molecule has 4 rings (SSSR count). The zero-order chi connectivity index (χ0) is 19.1. The van der Waals surface area contributed by atoms with Gasteiger partial charge < -0.3 is 10.3 Å². The SMILES string of the molecule is CSc1ccc(-c2c(-c3cccc(C)n3)nc3n2CCN3C(C)=O)cc1N. The molecule has 3 aromatic rings. The minimum Gasteiger partial charge on any atom is -0.398 e. The number of hydrogen-bond donors (Lipinski definition) is 1. The van der Waals surface area contributed by atoms with E-state index in [1.54, 1.807) is 23.6 Å². The number of aryl methyl sites for hydroxylation is 1. The molecule has 2 aromatic heterocycles. The highest BCUT2D eigenvalue weighted by atomic mass is 32.2. The van der Waals surface area contributed by atoms with E-state index < -0.39 is 0 Å². The van der Waals surface area contributed by atoms with E-state index in [2.05, 4.69) is 15.6 Å². The van der Waals surface area contributed by atoms with Crippen molar-refractivity contribution in [1.29, 1.82) is 0 Å².